The molecule has 0 spiro atoms. The summed E-state index contributed by atoms with van der Waals surface area (Å²) in [5, 5.41) is 2.69. The fourth-order valence-corrected chi connectivity index (χ4v) is 3.48. The number of primary amides is 1. The predicted molar refractivity (Wildman–Crippen MR) is 114 cm³/mol. The van der Waals surface area contributed by atoms with Crippen molar-refractivity contribution in [1.82, 2.24) is 4.90 Å². The molecular formula is C20H16ClN3O5S. The van der Waals surface area contributed by atoms with Crippen molar-refractivity contribution in [3.05, 3.63) is 64.0 Å². The van der Waals surface area contributed by atoms with E-state index in [1.807, 2.05) is 0 Å². The zero-order valence-corrected chi connectivity index (χ0v) is 17.0. The fourth-order valence-electron chi connectivity index (χ4n) is 2.52. The first-order valence-electron chi connectivity index (χ1n) is 8.64. The molecule has 1 fully saturated rings. The highest BCUT2D eigenvalue weighted by molar-refractivity contribution is 8.18. The predicted octanol–water partition coefficient (Wildman–Crippen LogP) is 2.88. The average molecular weight is 446 g/mol. The van der Waals surface area contributed by atoms with Gasteiger partial charge in [-0.05, 0) is 59.8 Å². The Morgan fingerprint density at radius 2 is 1.90 bits per heavy atom. The van der Waals surface area contributed by atoms with Crippen molar-refractivity contribution in [2.45, 2.75) is 0 Å². The van der Waals surface area contributed by atoms with Gasteiger partial charge in [0.25, 0.3) is 17.1 Å². The van der Waals surface area contributed by atoms with Crippen molar-refractivity contribution in [2.24, 2.45) is 5.73 Å². The third-order valence-electron chi connectivity index (χ3n) is 3.84. The molecule has 0 aliphatic carbocycles. The zero-order valence-electron chi connectivity index (χ0n) is 15.5. The number of benzene rings is 2. The minimum atomic E-state index is -0.772. The van der Waals surface area contributed by atoms with Crippen LogP contribution in [0.15, 0.2) is 53.4 Å². The normalized spacial score (nSPS) is 14.8. The van der Waals surface area contributed by atoms with Gasteiger partial charge >= 0.3 is 0 Å². The van der Waals surface area contributed by atoms with Crippen LogP contribution in [0.2, 0.25) is 5.02 Å². The molecule has 3 rings (SSSR count). The summed E-state index contributed by atoms with van der Waals surface area (Å²) in [6, 6.07) is 13.3. The highest BCUT2D eigenvalue weighted by atomic mass is 35.5. The summed E-state index contributed by atoms with van der Waals surface area (Å²) in [5.74, 6) is -1.30. The summed E-state index contributed by atoms with van der Waals surface area (Å²) in [6.07, 6.45) is 1.51. The lowest BCUT2D eigenvalue weighted by Gasteiger charge is -2.09. The van der Waals surface area contributed by atoms with E-state index < -0.39 is 23.6 Å². The number of nitrogens with two attached hydrogens (primary N) is 1. The molecule has 4 amide bonds. The molecule has 154 valence electrons. The fraction of sp³-hybridized carbons (Fsp3) is 0.100. The lowest BCUT2D eigenvalue weighted by Crippen LogP contribution is -2.36. The maximum absolute atomic E-state index is 12.3. The van der Waals surface area contributed by atoms with E-state index in [0.29, 0.717) is 22.0 Å². The van der Waals surface area contributed by atoms with Gasteiger partial charge in [0.15, 0.2) is 6.61 Å². The summed E-state index contributed by atoms with van der Waals surface area (Å²) in [7, 11) is 0. The third kappa shape index (κ3) is 5.62. The molecular weight excluding hydrogens is 430 g/mol. The van der Waals surface area contributed by atoms with Crippen molar-refractivity contribution in [1.29, 1.82) is 0 Å². The number of thioether (sulfide) groups is 1. The van der Waals surface area contributed by atoms with Crippen LogP contribution >= 0.6 is 23.4 Å². The summed E-state index contributed by atoms with van der Waals surface area (Å²) in [6.45, 7) is -0.685. The Morgan fingerprint density at radius 3 is 2.60 bits per heavy atom. The van der Waals surface area contributed by atoms with Crippen LogP contribution in [0.3, 0.4) is 0 Å². The van der Waals surface area contributed by atoms with E-state index in [2.05, 4.69) is 5.32 Å². The number of anilines is 1. The largest absolute Gasteiger partial charge is 0.484 e. The first-order chi connectivity index (χ1) is 14.3. The second kappa shape index (κ2) is 9.47. The van der Waals surface area contributed by atoms with Gasteiger partial charge in [0.2, 0.25) is 5.91 Å². The van der Waals surface area contributed by atoms with E-state index in [1.54, 1.807) is 48.5 Å². The van der Waals surface area contributed by atoms with Crippen LogP contribution in [0.25, 0.3) is 6.08 Å². The lowest BCUT2D eigenvalue weighted by molar-refractivity contribution is -0.127. The van der Waals surface area contributed by atoms with Gasteiger partial charge in [0.05, 0.1) is 4.91 Å². The SMILES string of the molecule is NC(=O)CN1C(=O)S/C(=C\c2cccc(OCC(=O)Nc3ccc(Cl)cc3)c2)C1=O. The second-order valence-corrected chi connectivity index (χ2v) is 7.58. The summed E-state index contributed by atoms with van der Waals surface area (Å²) in [5.41, 5.74) is 6.24. The van der Waals surface area contributed by atoms with Gasteiger partial charge in [-0.2, -0.15) is 0 Å². The molecule has 1 heterocycles. The Balaban J connectivity index is 1.62. The minimum absolute atomic E-state index is 0.166. The maximum atomic E-state index is 12.3. The molecule has 0 saturated carbocycles. The van der Waals surface area contributed by atoms with Crippen LogP contribution in [0.5, 0.6) is 5.75 Å². The molecule has 1 aliphatic heterocycles. The Bertz CT molecular complexity index is 1040. The zero-order chi connectivity index (χ0) is 21.7. The van der Waals surface area contributed by atoms with Gasteiger partial charge in [-0.1, -0.05) is 23.7 Å². The highest BCUT2D eigenvalue weighted by Crippen LogP contribution is 2.32. The Kier molecular flexibility index (Phi) is 6.76. The van der Waals surface area contributed by atoms with Gasteiger partial charge < -0.3 is 15.8 Å². The molecule has 0 aromatic heterocycles. The van der Waals surface area contributed by atoms with Crippen LogP contribution in [0.4, 0.5) is 10.5 Å². The number of imide groups is 1. The third-order valence-corrected chi connectivity index (χ3v) is 5.00. The van der Waals surface area contributed by atoms with Gasteiger partial charge in [-0.25, -0.2) is 0 Å². The molecule has 8 nitrogen and oxygen atoms in total. The molecule has 10 heteroatoms. The smallest absolute Gasteiger partial charge is 0.294 e. The maximum Gasteiger partial charge on any atom is 0.294 e. The van der Waals surface area contributed by atoms with Crippen molar-refractivity contribution >= 4 is 58.1 Å². The highest BCUT2D eigenvalue weighted by Gasteiger charge is 2.35. The number of hydrogen-bond donors (Lipinski definition) is 2. The summed E-state index contributed by atoms with van der Waals surface area (Å²) in [4.78, 5) is 48.1. The molecule has 0 unspecified atom stereocenters. The van der Waals surface area contributed by atoms with Crippen molar-refractivity contribution in [2.75, 3.05) is 18.5 Å². The Morgan fingerprint density at radius 1 is 1.17 bits per heavy atom. The molecule has 30 heavy (non-hydrogen) atoms. The quantitative estimate of drug-likeness (QED) is 0.632. The van der Waals surface area contributed by atoms with Crippen molar-refractivity contribution in [3.8, 4) is 5.75 Å². The molecule has 1 aliphatic rings. The van der Waals surface area contributed by atoms with Crippen molar-refractivity contribution in [3.63, 3.8) is 0 Å². The topological polar surface area (TPSA) is 119 Å². The number of nitrogens with zero attached hydrogens (tertiary/aromatic N) is 1. The van der Waals surface area contributed by atoms with Gasteiger partial charge in [-0.3, -0.25) is 24.1 Å². The number of ether oxygens (including phenoxy) is 1. The first kappa shape index (κ1) is 21.4. The first-order valence-corrected chi connectivity index (χ1v) is 9.83. The van der Waals surface area contributed by atoms with E-state index in [0.717, 1.165) is 16.7 Å². The number of carbonyl (C=O) groups excluding carboxylic acids is 4. The lowest BCUT2D eigenvalue weighted by atomic mass is 10.2. The molecule has 1 saturated heterocycles. The number of rotatable bonds is 7. The second-order valence-electron chi connectivity index (χ2n) is 6.15. The number of halogens is 1. The van der Waals surface area contributed by atoms with Crippen LogP contribution < -0.4 is 15.8 Å². The minimum Gasteiger partial charge on any atom is -0.484 e. The van der Waals surface area contributed by atoms with Gasteiger partial charge in [-0.15, -0.1) is 0 Å². The van der Waals surface area contributed by atoms with Crippen LogP contribution in [-0.4, -0.2) is 41.0 Å². The molecule has 0 radical (unpaired) electrons. The standard InChI is InChI=1S/C20H16ClN3O5S/c21-13-4-6-14(7-5-13)23-18(26)11-29-15-3-1-2-12(8-15)9-16-19(27)24(10-17(22)25)20(28)30-16/h1-9H,10-11H2,(H2,22,25)(H,23,26)/b16-9-. The monoisotopic (exact) mass is 445 g/mol. The van der Waals surface area contributed by atoms with E-state index in [-0.39, 0.29) is 17.4 Å². The molecule has 2 aromatic carbocycles. The molecule has 0 bridgehead atoms. The summed E-state index contributed by atoms with van der Waals surface area (Å²) >= 11 is 6.53. The number of hydrogen-bond acceptors (Lipinski definition) is 6. The summed E-state index contributed by atoms with van der Waals surface area (Å²) < 4.78 is 5.49. The number of amides is 4. The van der Waals surface area contributed by atoms with E-state index in [1.165, 1.54) is 6.08 Å². The van der Waals surface area contributed by atoms with Crippen LogP contribution in [-0.2, 0) is 14.4 Å². The van der Waals surface area contributed by atoms with Crippen molar-refractivity contribution < 1.29 is 23.9 Å². The van der Waals surface area contributed by atoms with E-state index in [4.69, 9.17) is 22.1 Å². The van der Waals surface area contributed by atoms with Crippen LogP contribution in [0, 0.1) is 0 Å². The molecule has 0 atom stereocenters. The average Bonchev–Trinajstić information content (AvgIpc) is 2.95. The van der Waals surface area contributed by atoms with E-state index >= 15 is 0 Å². The molecule has 2 aromatic rings. The number of carbonyl (C=O) groups is 4. The van der Waals surface area contributed by atoms with Crippen LogP contribution in [0.1, 0.15) is 5.56 Å². The molecule has 3 N–H and O–H groups in total. The number of nitrogens with one attached hydrogen (secondary N) is 1. The Labute approximate surface area is 181 Å². The Hall–Kier alpha value is -3.30. The van der Waals surface area contributed by atoms with Gasteiger partial charge in [0, 0.05) is 10.7 Å². The van der Waals surface area contributed by atoms with E-state index in [9.17, 15) is 19.2 Å². The van der Waals surface area contributed by atoms with Gasteiger partial charge in [0.1, 0.15) is 12.3 Å².